The lowest BCUT2D eigenvalue weighted by Crippen LogP contribution is -2.29. The fourth-order valence-electron chi connectivity index (χ4n) is 5.18. The average Bonchev–Trinajstić information content (AvgIpc) is 3.50. The van der Waals surface area contributed by atoms with Crippen LogP contribution in [0.1, 0.15) is 69.6 Å². The molecule has 1 aromatic carbocycles. The second-order valence-corrected chi connectivity index (χ2v) is 12.5. The van der Waals surface area contributed by atoms with Crippen LogP contribution in [0.2, 0.25) is 0 Å². The highest BCUT2D eigenvalue weighted by Crippen LogP contribution is 2.40. The molecule has 0 saturated heterocycles. The summed E-state index contributed by atoms with van der Waals surface area (Å²) >= 11 is 0.777. The van der Waals surface area contributed by atoms with E-state index in [-0.39, 0.29) is 45.4 Å². The van der Waals surface area contributed by atoms with Crippen LogP contribution in [0.5, 0.6) is 0 Å². The molecule has 0 saturated carbocycles. The molecular weight excluding hydrogens is 623 g/mol. The van der Waals surface area contributed by atoms with Crippen molar-refractivity contribution in [3.05, 3.63) is 63.5 Å². The van der Waals surface area contributed by atoms with Crippen LogP contribution in [0.4, 0.5) is 23.8 Å². The van der Waals surface area contributed by atoms with Crippen molar-refractivity contribution in [2.75, 3.05) is 25.1 Å². The largest absolute Gasteiger partial charge is 0.460 e. The molecule has 0 fully saturated rings. The van der Waals surface area contributed by atoms with Gasteiger partial charge in [0.2, 0.25) is 5.43 Å². The Morgan fingerprint density at radius 1 is 1.13 bits per heavy atom. The Kier molecular flexibility index (Phi) is 10.5. The summed E-state index contributed by atoms with van der Waals surface area (Å²) in [5.41, 5.74) is -0.561. The lowest BCUT2D eigenvalue weighted by Gasteiger charge is -2.34. The molecule has 3 aromatic heterocycles. The van der Waals surface area contributed by atoms with Crippen molar-refractivity contribution in [1.82, 2.24) is 19.9 Å². The third kappa shape index (κ3) is 7.56. The van der Waals surface area contributed by atoms with E-state index in [4.69, 9.17) is 4.74 Å². The maximum atomic E-state index is 13.8. The molecule has 1 unspecified atom stereocenters. The number of hydrogen-bond donors (Lipinski definition) is 3. The highest BCUT2D eigenvalue weighted by atomic mass is 32.1. The summed E-state index contributed by atoms with van der Waals surface area (Å²) in [6.07, 6.45) is -0.203. The van der Waals surface area contributed by atoms with Gasteiger partial charge in [0.15, 0.2) is 5.69 Å². The molecule has 1 atom stereocenters. The Morgan fingerprint density at radius 3 is 2.48 bits per heavy atom. The van der Waals surface area contributed by atoms with E-state index in [1.165, 1.54) is 18.5 Å². The summed E-state index contributed by atoms with van der Waals surface area (Å²) in [5, 5.41) is 15.4. The van der Waals surface area contributed by atoms with Gasteiger partial charge in [-0.2, -0.15) is 13.2 Å². The Hall–Kier alpha value is -4.30. The van der Waals surface area contributed by atoms with Gasteiger partial charge >= 0.3 is 18.2 Å². The first-order valence-electron chi connectivity index (χ1n) is 14.7. The highest BCUT2D eigenvalue weighted by molar-refractivity contribution is 7.13. The molecule has 2 amide bonds. The van der Waals surface area contributed by atoms with Crippen molar-refractivity contribution in [3.63, 3.8) is 0 Å². The summed E-state index contributed by atoms with van der Waals surface area (Å²) in [6, 6.07) is 5.78. The van der Waals surface area contributed by atoms with Gasteiger partial charge in [0.25, 0.3) is 0 Å². The summed E-state index contributed by atoms with van der Waals surface area (Å²) in [5.74, 6) is -0.798. The van der Waals surface area contributed by atoms with Crippen LogP contribution < -0.4 is 16.1 Å². The zero-order valence-corrected chi connectivity index (χ0v) is 26.9. The van der Waals surface area contributed by atoms with Crippen LogP contribution in [0.3, 0.4) is 0 Å². The van der Waals surface area contributed by atoms with Crippen LogP contribution in [-0.2, 0) is 10.9 Å². The number of hydrogen-bond acceptors (Lipinski definition) is 8. The number of halogens is 3. The van der Waals surface area contributed by atoms with Crippen molar-refractivity contribution in [2.24, 2.45) is 5.41 Å². The summed E-state index contributed by atoms with van der Waals surface area (Å²) in [6.45, 7) is 9.61. The zero-order valence-electron chi connectivity index (χ0n) is 26.1. The number of rotatable bonds is 10. The van der Waals surface area contributed by atoms with Crippen molar-refractivity contribution in [3.8, 4) is 21.7 Å². The normalized spacial score (nSPS) is 12.6. The van der Waals surface area contributed by atoms with Crippen molar-refractivity contribution < 1.29 is 32.6 Å². The molecule has 0 aliphatic carbocycles. The number of aliphatic hydroxyl groups is 1. The van der Waals surface area contributed by atoms with Crippen LogP contribution in [0.15, 0.2) is 46.8 Å². The van der Waals surface area contributed by atoms with E-state index in [2.05, 4.69) is 41.4 Å². The number of aliphatic hydroxyl groups excluding tert-OH is 1. The molecule has 14 heteroatoms. The summed E-state index contributed by atoms with van der Waals surface area (Å²) < 4.78 is 47.5. The van der Waals surface area contributed by atoms with Crippen LogP contribution in [0, 0.1) is 5.41 Å². The SMILES string of the molecule is CCCC(n1cc(C(=O)OCCO)c(=O)c2cc(-c3cnc(NC(=O)NCC)cc3-c3nc(C(F)(F)F)cs3)ccc21)C(C)(C)C. The minimum atomic E-state index is -4.67. The van der Waals surface area contributed by atoms with E-state index in [1.807, 2.05) is 11.5 Å². The van der Waals surface area contributed by atoms with E-state index >= 15 is 0 Å². The topological polar surface area (TPSA) is 135 Å². The minimum Gasteiger partial charge on any atom is -0.460 e. The molecule has 4 rings (SSSR count). The molecule has 0 bridgehead atoms. The number of nitrogens with zero attached hydrogens (tertiary/aromatic N) is 3. The number of benzene rings is 1. The van der Waals surface area contributed by atoms with Gasteiger partial charge in [-0.3, -0.25) is 10.1 Å². The second-order valence-electron chi connectivity index (χ2n) is 11.7. The van der Waals surface area contributed by atoms with Gasteiger partial charge in [0.05, 0.1) is 12.1 Å². The van der Waals surface area contributed by atoms with Crippen LogP contribution in [0.25, 0.3) is 32.6 Å². The number of carbonyl (C=O) groups is 2. The maximum absolute atomic E-state index is 13.8. The second kappa shape index (κ2) is 14.0. The Balaban J connectivity index is 1.98. The van der Waals surface area contributed by atoms with Gasteiger partial charge < -0.3 is 19.7 Å². The molecule has 0 spiro atoms. The van der Waals surface area contributed by atoms with Crippen molar-refractivity contribution in [2.45, 2.75) is 59.7 Å². The third-order valence-electron chi connectivity index (χ3n) is 7.29. The van der Waals surface area contributed by atoms with Gasteiger partial charge in [0, 0.05) is 46.9 Å². The van der Waals surface area contributed by atoms with Gasteiger partial charge in [-0.1, -0.05) is 40.2 Å². The van der Waals surface area contributed by atoms with E-state index in [1.54, 1.807) is 25.1 Å². The summed E-state index contributed by atoms with van der Waals surface area (Å²) in [4.78, 5) is 47.1. The van der Waals surface area contributed by atoms with Crippen LogP contribution >= 0.6 is 11.3 Å². The molecule has 246 valence electrons. The number of amides is 2. The average molecular weight is 660 g/mol. The number of urea groups is 1. The van der Waals surface area contributed by atoms with E-state index in [0.717, 1.165) is 29.6 Å². The summed E-state index contributed by atoms with van der Waals surface area (Å²) in [7, 11) is 0. The van der Waals surface area contributed by atoms with Gasteiger partial charge in [-0.25, -0.2) is 19.6 Å². The smallest absolute Gasteiger partial charge is 0.434 e. The number of fused-ring (bicyclic) bond motifs is 1. The molecular formula is C32H36F3N5O5S. The standard InChI is InChI=1S/C32H36F3N5O5S/c1-6-8-25(31(3,4)5)40-16-22(29(43)45-12-11-41)27(42)20-13-18(9-10-23(20)40)21-15-37-26(39-30(44)36-7-2)14-19(21)28-38-24(17-46-28)32(33,34)35/h9-10,13-17,25,41H,6-8,11-12H2,1-5H3,(H2,36,37,39,44). The first-order valence-corrected chi connectivity index (χ1v) is 15.6. The highest BCUT2D eigenvalue weighted by Gasteiger charge is 2.34. The molecule has 10 nitrogen and oxygen atoms in total. The number of alkyl halides is 3. The fourth-order valence-corrected chi connectivity index (χ4v) is 6.04. The number of esters is 1. The quantitative estimate of drug-likeness (QED) is 0.158. The van der Waals surface area contributed by atoms with E-state index in [9.17, 15) is 32.7 Å². The number of thiazole rings is 1. The lowest BCUT2D eigenvalue weighted by atomic mass is 9.83. The first-order chi connectivity index (χ1) is 21.7. The van der Waals surface area contributed by atoms with Crippen molar-refractivity contribution >= 4 is 40.1 Å². The molecule has 0 aliphatic heterocycles. The number of ether oxygens (including phenoxy) is 1. The van der Waals surface area contributed by atoms with Gasteiger partial charge in [-0.05, 0) is 42.5 Å². The van der Waals surface area contributed by atoms with Crippen LogP contribution in [-0.4, -0.2) is 51.4 Å². The Labute approximate surface area is 267 Å². The minimum absolute atomic E-state index is 0.0262. The molecule has 0 radical (unpaired) electrons. The molecule has 46 heavy (non-hydrogen) atoms. The molecule has 3 N–H and O–H groups in total. The third-order valence-corrected chi connectivity index (χ3v) is 8.17. The van der Waals surface area contributed by atoms with E-state index < -0.39 is 35.9 Å². The monoisotopic (exact) mass is 659 g/mol. The number of aromatic nitrogens is 3. The predicted octanol–water partition coefficient (Wildman–Crippen LogP) is 6.88. The van der Waals surface area contributed by atoms with Gasteiger partial charge in [-0.15, -0.1) is 11.3 Å². The van der Waals surface area contributed by atoms with Gasteiger partial charge in [0.1, 0.15) is 23.0 Å². The Bertz CT molecular complexity index is 1800. The number of nitrogens with one attached hydrogen (secondary N) is 2. The zero-order chi connectivity index (χ0) is 33.8. The predicted molar refractivity (Wildman–Crippen MR) is 171 cm³/mol. The maximum Gasteiger partial charge on any atom is 0.434 e. The van der Waals surface area contributed by atoms with E-state index in [0.29, 0.717) is 23.2 Å². The number of carbonyl (C=O) groups excluding carboxylic acids is 2. The fraction of sp³-hybridized carbons (Fsp3) is 0.406. The molecule has 0 aliphatic rings. The Morgan fingerprint density at radius 2 is 1.87 bits per heavy atom. The first kappa shape index (κ1) is 34.6. The number of pyridine rings is 2. The lowest BCUT2D eigenvalue weighted by molar-refractivity contribution is -0.140. The molecule has 3 heterocycles. The van der Waals surface area contributed by atoms with Crippen molar-refractivity contribution in [1.29, 1.82) is 0 Å². The molecule has 4 aromatic rings. The number of anilines is 1.